The highest BCUT2D eigenvalue weighted by molar-refractivity contribution is 5.23. The minimum Gasteiger partial charge on any atom is -0.335 e. The zero-order valence-corrected chi connectivity index (χ0v) is 11.9. The molecule has 4 rings (SSSR count). The van der Waals surface area contributed by atoms with Crippen LogP contribution in [0.1, 0.15) is 36.0 Å². The summed E-state index contributed by atoms with van der Waals surface area (Å²) in [7, 11) is 2.19. The summed E-state index contributed by atoms with van der Waals surface area (Å²) >= 11 is 0. The van der Waals surface area contributed by atoms with E-state index in [1.807, 2.05) is 4.68 Å². The quantitative estimate of drug-likeness (QED) is 0.831. The lowest BCUT2D eigenvalue weighted by Crippen LogP contribution is -2.33. The molecule has 1 aliphatic heterocycles. The zero-order valence-electron chi connectivity index (χ0n) is 11.9. The van der Waals surface area contributed by atoms with Crippen LogP contribution in [0.25, 0.3) is 0 Å². The van der Waals surface area contributed by atoms with E-state index in [2.05, 4.69) is 26.6 Å². The van der Waals surface area contributed by atoms with Gasteiger partial charge in [0.15, 0.2) is 0 Å². The molecule has 1 saturated carbocycles. The first-order valence-electron chi connectivity index (χ1n) is 7.40. The second-order valence-electron chi connectivity index (χ2n) is 5.88. The normalized spacial score (nSPS) is 19.2. The van der Waals surface area contributed by atoms with Crippen molar-refractivity contribution in [3.05, 3.63) is 29.9 Å². The Hall–Kier alpha value is -1.69. The van der Waals surface area contributed by atoms with Crippen LogP contribution in [0.2, 0.25) is 0 Å². The minimum atomic E-state index is 0.731. The molecule has 1 aliphatic carbocycles. The van der Waals surface area contributed by atoms with Crippen LogP contribution in [0.3, 0.4) is 0 Å². The lowest BCUT2D eigenvalue weighted by atomic mass is 10.1. The summed E-state index contributed by atoms with van der Waals surface area (Å²) in [6.45, 7) is 4.01. The molecular formula is C14H20N6. The molecule has 0 bridgehead atoms. The van der Waals surface area contributed by atoms with Crippen LogP contribution in [0, 0.1) is 0 Å². The van der Waals surface area contributed by atoms with Crippen LogP contribution >= 0.6 is 0 Å². The van der Waals surface area contributed by atoms with E-state index < -0.39 is 0 Å². The van der Waals surface area contributed by atoms with Crippen molar-refractivity contribution in [3.63, 3.8) is 0 Å². The Bertz CT molecular complexity index is 595. The molecule has 2 aliphatic rings. The summed E-state index contributed by atoms with van der Waals surface area (Å²) < 4.78 is 4.24. The number of aromatic nitrogens is 5. The van der Waals surface area contributed by atoms with E-state index in [0.717, 1.165) is 38.5 Å². The third-order valence-corrected chi connectivity index (χ3v) is 4.42. The van der Waals surface area contributed by atoms with Gasteiger partial charge in [0.1, 0.15) is 18.5 Å². The van der Waals surface area contributed by atoms with Gasteiger partial charge in [0, 0.05) is 44.7 Å². The topological polar surface area (TPSA) is 51.8 Å². The number of hydrogen-bond acceptors (Lipinski definition) is 4. The molecule has 6 nitrogen and oxygen atoms in total. The van der Waals surface area contributed by atoms with Gasteiger partial charge in [0.05, 0.1) is 12.2 Å². The van der Waals surface area contributed by atoms with E-state index >= 15 is 0 Å². The molecule has 1 fully saturated rings. The fourth-order valence-electron chi connectivity index (χ4n) is 3.09. The van der Waals surface area contributed by atoms with E-state index in [0.29, 0.717) is 0 Å². The van der Waals surface area contributed by atoms with Gasteiger partial charge in [-0.25, -0.2) is 9.97 Å². The molecule has 6 heteroatoms. The standard InChI is InChI=1S/C14H20N6/c1-18-13-4-5-19(6-7-20-10-15-9-16-20)8-12(13)17-14(18)11-2-3-11/h9-11H,2-8H2,1H3. The molecule has 0 amide bonds. The van der Waals surface area contributed by atoms with Crippen molar-refractivity contribution in [1.82, 2.24) is 29.2 Å². The lowest BCUT2D eigenvalue weighted by Gasteiger charge is -2.26. The van der Waals surface area contributed by atoms with Crippen molar-refractivity contribution >= 4 is 0 Å². The first kappa shape index (κ1) is 12.1. The van der Waals surface area contributed by atoms with Gasteiger partial charge in [0.2, 0.25) is 0 Å². The number of fused-ring (bicyclic) bond motifs is 1. The third kappa shape index (κ3) is 2.14. The van der Waals surface area contributed by atoms with Gasteiger partial charge in [-0.3, -0.25) is 9.58 Å². The summed E-state index contributed by atoms with van der Waals surface area (Å²) in [5.41, 5.74) is 2.74. The Morgan fingerprint density at radius 2 is 2.20 bits per heavy atom. The van der Waals surface area contributed by atoms with Crippen LogP contribution in [0.4, 0.5) is 0 Å². The van der Waals surface area contributed by atoms with Gasteiger partial charge in [0.25, 0.3) is 0 Å². The lowest BCUT2D eigenvalue weighted by molar-refractivity contribution is 0.235. The molecular weight excluding hydrogens is 252 g/mol. The molecule has 0 saturated heterocycles. The maximum absolute atomic E-state index is 4.89. The van der Waals surface area contributed by atoms with Gasteiger partial charge in [-0.15, -0.1) is 0 Å². The molecule has 0 spiro atoms. The van der Waals surface area contributed by atoms with Crippen LogP contribution in [-0.2, 0) is 26.6 Å². The van der Waals surface area contributed by atoms with Crippen molar-refractivity contribution in [3.8, 4) is 0 Å². The average molecular weight is 272 g/mol. The molecule has 0 unspecified atom stereocenters. The molecule has 2 aromatic rings. The van der Waals surface area contributed by atoms with Gasteiger partial charge < -0.3 is 4.57 Å². The van der Waals surface area contributed by atoms with Crippen LogP contribution in [-0.4, -0.2) is 42.3 Å². The second kappa shape index (κ2) is 4.70. The predicted molar refractivity (Wildman–Crippen MR) is 74.2 cm³/mol. The minimum absolute atomic E-state index is 0.731. The molecule has 0 N–H and O–H groups in total. The van der Waals surface area contributed by atoms with E-state index in [1.54, 1.807) is 12.7 Å². The Balaban J connectivity index is 1.45. The third-order valence-electron chi connectivity index (χ3n) is 4.42. The number of nitrogens with zero attached hydrogens (tertiary/aromatic N) is 6. The SMILES string of the molecule is Cn1c(C2CC2)nc2c1CCN(CCn1cncn1)C2. The van der Waals surface area contributed by atoms with Gasteiger partial charge in [-0.2, -0.15) is 5.10 Å². The first-order valence-corrected chi connectivity index (χ1v) is 7.40. The predicted octanol–water partition coefficient (Wildman–Crippen LogP) is 0.947. The highest BCUT2D eigenvalue weighted by atomic mass is 15.3. The molecule has 0 atom stereocenters. The van der Waals surface area contributed by atoms with Crippen LogP contribution in [0.5, 0.6) is 0 Å². The Morgan fingerprint density at radius 1 is 1.30 bits per heavy atom. The second-order valence-corrected chi connectivity index (χ2v) is 5.88. The van der Waals surface area contributed by atoms with Crippen molar-refractivity contribution < 1.29 is 0 Å². The van der Waals surface area contributed by atoms with Crippen molar-refractivity contribution in [2.75, 3.05) is 13.1 Å². The van der Waals surface area contributed by atoms with E-state index in [-0.39, 0.29) is 0 Å². The highest BCUT2D eigenvalue weighted by Gasteiger charge is 2.31. The Kier molecular flexibility index (Phi) is 2.84. The van der Waals surface area contributed by atoms with E-state index in [9.17, 15) is 0 Å². The molecule has 20 heavy (non-hydrogen) atoms. The molecule has 0 aromatic carbocycles. The van der Waals surface area contributed by atoms with Crippen LogP contribution < -0.4 is 0 Å². The van der Waals surface area contributed by atoms with Crippen molar-refractivity contribution in [1.29, 1.82) is 0 Å². The molecule has 0 radical (unpaired) electrons. The Morgan fingerprint density at radius 3 is 2.95 bits per heavy atom. The molecule has 2 aromatic heterocycles. The maximum Gasteiger partial charge on any atom is 0.137 e. The van der Waals surface area contributed by atoms with Gasteiger partial charge >= 0.3 is 0 Å². The summed E-state index contributed by atoms with van der Waals surface area (Å²) in [5.74, 6) is 2.04. The Labute approximate surface area is 118 Å². The maximum atomic E-state index is 4.89. The fraction of sp³-hybridized carbons (Fsp3) is 0.643. The fourth-order valence-corrected chi connectivity index (χ4v) is 3.09. The van der Waals surface area contributed by atoms with Crippen molar-refractivity contribution in [2.45, 2.75) is 38.3 Å². The summed E-state index contributed by atoms with van der Waals surface area (Å²) in [4.78, 5) is 11.3. The smallest absolute Gasteiger partial charge is 0.137 e. The average Bonchev–Trinajstić information content (AvgIpc) is 3.07. The summed E-state index contributed by atoms with van der Waals surface area (Å²) in [5, 5.41) is 4.15. The van der Waals surface area contributed by atoms with E-state index in [4.69, 9.17) is 4.98 Å². The van der Waals surface area contributed by atoms with Gasteiger partial charge in [-0.05, 0) is 12.8 Å². The number of hydrogen-bond donors (Lipinski definition) is 0. The van der Waals surface area contributed by atoms with Gasteiger partial charge in [-0.1, -0.05) is 0 Å². The van der Waals surface area contributed by atoms with E-state index in [1.165, 1.54) is 30.1 Å². The largest absolute Gasteiger partial charge is 0.335 e. The molecule has 106 valence electrons. The van der Waals surface area contributed by atoms with Crippen LogP contribution in [0.15, 0.2) is 12.7 Å². The van der Waals surface area contributed by atoms with Crippen molar-refractivity contribution in [2.24, 2.45) is 7.05 Å². The molecule has 3 heterocycles. The monoisotopic (exact) mass is 272 g/mol. The zero-order chi connectivity index (χ0) is 13.5. The highest BCUT2D eigenvalue weighted by Crippen LogP contribution is 2.40. The summed E-state index contributed by atoms with van der Waals surface area (Å²) in [6, 6.07) is 0. The number of imidazole rings is 1. The number of rotatable bonds is 4. The summed E-state index contributed by atoms with van der Waals surface area (Å²) in [6.07, 6.45) is 7.12. The first-order chi connectivity index (χ1) is 9.81.